The average molecular weight is 322 g/mol. The van der Waals surface area contributed by atoms with Crippen LogP contribution in [0.5, 0.6) is 5.75 Å². The van der Waals surface area contributed by atoms with Gasteiger partial charge in [0.1, 0.15) is 11.6 Å². The Morgan fingerprint density at radius 3 is 2.70 bits per heavy atom. The van der Waals surface area contributed by atoms with Crippen LogP contribution in [0.3, 0.4) is 0 Å². The lowest BCUT2D eigenvalue weighted by molar-refractivity contribution is -0.126. The van der Waals surface area contributed by atoms with Gasteiger partial charge in [0.05, 0.1) is 5.56 Å². The van der Waals surface area contributed by atoms with Crippen LogP contribution in [0.25, 0.3) is 0 Å². The molecule has 6 heteroatoms. The fourth-order valence-electron chi connectivity index (χ4n) is 2.91. The van der Waals surface area contributed by atoms with Crippen molar-refractivity contribution in [2.75, 3.05) is 0 Å². The predicted octanol–water partition coefficient (Wildman–Crippen LogP) is 2.34. The molecule has 0 radical (unpaired) electrons. The molecule has 0 unspecified atom stereocenters. The summed E-state index contributed by atoms with van der Waals surface area (Å²) in [5.74, 6) is -1.61. The van der Waals surface area contributed by atoms with Crippen LogP contribution in [-0.2, 0) is 4.79 Å². The third-order valence-electron chi connectivity index (χ3n) is 4.01. The topological polar surface area (TPSA) is 78.4 Å². The molecule has 0 bridgehead atoms. The first-order valence-electron chi connectivity index (χ1n) is 7.96. The molecule has 1 saturated carbocycles. The van der Waals surface area contributed by atoms with Crippen molar-refractivity contribution < 1.29 is 19.1 Å². The summed E-state index contributed by atoms with van der Waals surface area (Å²) in [6.45, 7) is 3.82. The monoisotopic (exact) mass is 322 g/mol. The Hall–Kier alpha value is -2.11. The zero-order chi connectivity index (χ0) is 17.0. The lowest BCUT2D eigenvalue weighted by Gasteiger charge is -2.29. The summed E-state index contributed by atoms with van der Waals surface area (Å²) in [5, 5.41) is 14.9. The standard InChI is InChI=1S/C17H23FN2O3/c1-10(2)19-16(22)11-4-3-5-12(8-11)20-17(23)14-7-6-13(21)9-15(14)18/h6-7,9-12,21H,3-5,8H2,1-2H3,(H,19,22)(H,20,23)/t11-,12+/m0/s1. The second kappa shape index (κ2) is 7.44. The molecule has 1 fully saturated rings. The quantitative estimate of drug-likeness (QED) is 0.796. The first kappa shape index (κ1) is 17.2. The van der Waals surface area contributed by atoms with E-state index in [0.717, 1.165) is 25.3 Å². The normalized spacial score (nSPS) is 21.0. The highest BCUT2D eigenvalue weighted by molar-refractivity contribution is 5.94. The molecular formula is C17H23FN2O3. The van der Waals surface area contributed by atoms with Gasteiger partial charge in [0, 0.05) is 24.1 Å². The molecule has 2 rings (SSSR count). The van der Waals surface area contributed by atoms with E-state index in [2.05, 4.69) is 10.6 Å². The molecule has 0 spiro atoms. The Morgan fingerprint density at radius 1 is 1.30 bits per heavy atom. The van der Waals surface area contributed by atoms with Crippen LogP contribution < -0.4 is 10.6 Å². The number of phenolic OH excluding ortho intramolecular Hbond substituents is 1. The van der Waals surface area contributed by atoms with E-state index in [1.807, 2.05) is 13.8 Å². The summed E-state index contributed by atoms with van der Waals surface area (Å²) in [6.07, 6.45) is 2.98. The predicted molar refractivity (Wildman–Crippen MR) is 84.6 cm³/mol. The number of hydrogen-bond donors (Lipinski definition) is 3. The molecule has 2 atom stereocenters. The van der Waals surface area contributed by atoms with Gasteiger partial charge in [0.2, 0.25) is 5.91 Å². The van der Waals surface area contributed by atoms with Crippen molar-refractivity contribution in [2.24, 2.45) is 5.92 Å². The lowest BCUT2D eigenvalue weighted by atomic mass is 9.85. The Kier molecular flexibility index (Phi) is 5.58. The summed E-state index contributed by atoms with van der Waals surface area (Å²) in [6, 6.07) is 3.38. The highest BCUT2D eigenvalue weighted by Crippen LogP contribution is 2.25. The zero-order valence-electron chi connectivity index (χ0n) is 13.4. The number of halogens is 1. The first-order valence-corrected chi connectivity index (χ1v) is 7.96. The average Bonchev–Trinajstić information content (AvgIpc) is 2.46. The van der Waals surface area contributed by atoms with Crippen molar-refractivity contribution in [1.29, 1.82) is 0 Å². The third-order valence-corrected chi connectivity index (χ3v) is 4.01. The van der Waals surface area contributed by atoms with Crippen molar-refractivity contribution in [3.05, 3.63) is 29.6 Å². The van der Waals surface area contributed by atoms with Crippen molar-refractivity contribution in [3.8, 4) is 5.75 Å². The van der Waals surface area contributed by atoms with Gasteiger partial charge in [-0.1, -0.05) is 6.42 Å². The van der Waals surface area contributed by atoms with Crippen molar-refractivity contribution in [3.63, 3.8) is 0 Å². The van der Waals surface area contributed by atoms with Crippen molar-refractivity contribution in [1.82, 2.24) is 10.6 Å². The van der Waals surface area contributed by atoms with E-state index in [-0.39, 0.29) is 35.2 Å². The number of carbonyl (C=O) groups is 2. The molecule has 0 aromatic heterocycles. The van der Waals surface area contributed by atoms with Gasteiger partial charge < -0.3 is 15.7 Å². The first-order chi connectivity index (χ1) is 10.9. The fraction of sp³-hybridized carbons (Fsp3) is 0.529. The third kappa shape index (κ3) is 4.68. The number of benzene rings is 1. The van der Waals surface area contributed by atoms with E-state index < -0.39 is 11.7 Å². The van der Waals surface area contributed by atoms with Gasteiger partial charge in [-0.3, -0.25) is 9.59 Å². The van der Waals surface area contributed by atoms with Gasteiger partial charge >= 0.3 is 0 Å². The van der Waals surface area contributed by atoms with Crippen LogP contribution in [-0.4, -0.2) is 29.0 Å². The lowest BCUT2D eigenvalue weighted by Crippen LogP contribution is -2.43. The Morgan fingerprint density at radius 2 is 2.04 bits per heavy atom. The molecule has 0 saturated heterocycles. The highest BCUT2D eigenvalue weighted by atomic mass is 19.1. The number of carbonyl (C=O) groups excluding carboxylic acids is 2. The molecule has 5 nitrogen and oxygen atoms in total. The summed E-state index contributed by atoms with van der Waals surface area (Å²) in [4.78, 5) is 24.3. The number of hydrogen-bond acceptors (Lipinski definition) is 3. The molecule has 0 heterocycles. The van der Waals surface area contributed by atoms with Crippen LogP contribution in [0.4, 0.5) is 4.39 Å². The zero-order valence-corrected chi connectivity index (χ0v) is 13.4. The largest absolute Gasteiger partial charge is 0.508 e. The molecule has 0 aliphatic heterocycles. The van der Waals surface area contributed by atoms with Gasteiger partial charge in [0.25, 0.3) is 5.91 Å². The van der Waals surface area contributed by atoms with E-state index in [4.69, 9.17) is 0 Å². The van der Waals surface area contributed by atoms with E-state index >= 15 is 0 Å². The minimum Gasteiger partial charge on any atom is -0.508 e. The summed E-state index contributed by atoms with van der Waals surface area (Å²) in [7, 11) is 0. The minimum atomic E-state index is -0.757. The Bertz CT molecular complexity index is 589. The smallest absolute Gasteiger partial charge is 0.254 e. The number of aromatic hydroxyl groups is 1. The van der Waals surface area contributed by atoms with Gasteiger partial charge in [-0.2, -0.15) is 0 Å². The summed E-state index contributed by atoms with van der Waals surface area (Å²) in [5.41, 5.74) is -0.100. The number of phenols is 1. The van der Waals surface area contributed by atoms with E-state index in [1.54, 1.807) is 0 Å². The van der Waals surface area contributed by atoms with Crippen LogP contribution in [0, 0.1) is 11.7 Å². The molecule has 1 aliphatic rings. The van der Waals surface area contributed by atoms with Gasteiger partial charge in [-0.25, -0.2) is 4.39 Å². The van der Waals surface area contributed by atoms with Crippen molar-refractivity contribution >= 4 is 11.8 Å². The number of amides is 2. The molecule has 1 aromatic carbocycles. The van der Waals surface area contributed by atoms with Crippen LogP contribution >= 0.6 is 0 Å². The maximum atomic E-state index is 13.7. The second-order valence-corrected chi connectivity index (χ2v) is 6.36. The van der Waals surface area contributed by atoms with Gasteiger partial charge in [-0.05, 0) is 45.2 Å². The van der Waals surface area contributed by atoms with Gasteiger partial charge in [-0.15, -0.1) is 0 Å². The Balaban J connectivity index is 1.96. The molecule has 1 aromatic rings. The van der Waals surface area contributed by atoms with Crippen LogP contribution in [0.2, 0.25) is 0 Å². The van der Waals surface area contributed by atoms with Crippen molar-refractivity contribution in [2.45, 2.75) is 51.6 Å². The van der Waals surface area contributed by atoms with Gasteiger partial charge in [0.15, 0.2) is 0 Å². The molecular weight excluding hydrogens is 299 g/mol. The second-order valence-electron chi connectivity index (χ2n) is 6.36. The molecule has 1 aliphatic carbocycles. The minimum absolute atomic E-state index is 0.00904. The molecule has 2 amide bonds. The van der Waals surface area contributed by atoms with E-state index in [0.29, 0.717) is 6.42 Å². The van der Waals surface area contributed by atoms with E-state index in [1.165, 1.54) is 12.1 Å². The van der Waals surface area contributed by atoms with Crippen LogP contribution in [0.1, 0.15) is 49.9 Å². The highest BCUT2D eigenvalue weighted by Gasteiger charge is 2.29. The molecule has 3 N–H and O–H groups in total. The maximum absolute atomic E-state index is 13.7. The Labute approximate surface area is 135 Å². The number of nitrogens with one attached hydrogen (secondary N) is 2. The van der Waals surface area contributed by atoms with Crippen LogP contribution in [0.15, 0.2) is 18.2 Å². The fourth-order valence-corrected chi connectivity index (χ4v) is 2.91. The molecule has 126 valence electrons. The van der Waals surface area contributed by atoms with E-state index in [9.17, 15) is 19.1 Å². The maximum Gasteiger partial charge on any atom is 0.254 e. The summed E-state index contributed by atoms with van der Waals surface area (Å²) >= 11 is 0. The number of rotatable bonds is 4. The SMILES string of the molecule is CC(C)NC(=O)[C@H]1CCC[C@@H](NC(=O)c2ccc(O)cc2F)C1. The molecule has 23 heavy (non-hydrogen) atoms. The summed E-state index contributed by atoms with van der Waals surface area (Å²) < 4.78 is 13.7.